The van der Waals surface area contributed by atoms with Crippen molar-refractivity contribution in [3.05, 3.63) is 112 Å². The molecule has 34 heavy (non-hydrogen) atoms. The monoisotopic (exact) mass is 484 g/mol. The lowest BCUT2D eigenvalue weighted by Gasteiger charge is -2.16. The summed E-state index contributed by atoms with van der Waals surface area (Å²) in [7, 11) is 0. The number of aliphatic imine (C=N–C) groups is 1. The zero-order valence-corrected chi connectivity index (χ0v) is 20.2. The quantitative estimate of drug-likeness (QED) is 0.275. The molecule has 1 aromatic heterocycles. The lowest BCUT2D eigenvalue weighted by atomic mass is 10.2. The summed E-state index contributed by atoms with van der Waals surface area (Å²) in [5.41, 5.74) is 4.69. The predicted octanol–water partition coefficient (Wildman–Crippen LogP) is 8.03. The highest BCUT2D eigenvalue weighted by Crippen LogP contribution is 2.38. The van der Waals surface area contributed by atoms with E-state index < -0.39 is 0 Å². The lowest BCUT2D eigenvalue weighted by molar-refractivity contribution is -0.113. The number of halogens is 1. The van der Waals surface area contributed by atoms with E-state index in [4.69, 9.17) is 21.0 Å². The molecule has 6 heteroatoms. The van der Waals surface area contributed by atoms with E-state index in [0.29, 0.717) is 26.6 Å². The second-order valence-electron chi connectivity index (χ2n) is 8.03. The van der Waals surface area contributed by atoms with Crippen molar-refractivity contribution in [3.8, 4) is 11.3 Å². The van der Waals surface area contributed by atoms with Crippen molar-refractivity contribution in [2.75, 3.05) is 4.90 Å². The Labute approximate surface area is 207 Å². The molecule has 0 spiro atoms. The van der Waals surface area contributed by atoms with Gasteiger partial charge in [0.25, 0.3) is 5.91 Å². The third kappa shape index (κ3) is 4.72. The van der Waals surface area contributed by atoms with Crippen molar-refractivity contribution < 1.29 is 9.21 Å². The van der Waals surface area contributed by atoms with Crippen LogP contribution in [-0.2, 0) is 4.79 Å². The Bertz CT molecular complexity index is 1440. The van der Waals surface area contributed by atoms with Gasteiger partial charge in [0.2, 0.25) is 0 Å². The minimum Gasteiger partial charge on any atom is -0.457 e. The van der Waals surface area contributed by atoms with E-state index in [1.807, 2.05) is 98.8 Å². The smallest absolute Gasteiger partial charge is 0.271 e. The second kappa shape index (κ2) is 9.37. The van der Waals surface area contributed by atoms with Crippen LogP contribution < -0.4 is 4.90 Å². The molecule has 168 valence electrons. The van der Waals surface area contributed by atoms with E-state index >= 15 is 0 Å². The van der Waals surface area contributed by atoms with Crippen molar-refractivity contribution in [2.45, 2.75) is 13.8 Å². The van der Waals surface area contributed by atoms with E-state index in [0.717, 1.165) is 28.1 Å². The Morgan fingerprint density at radius 3 is 2.38 bits per heavy atom. The zero-order chi connectivity index (χ0) is 23.7. The van der Waals surface area contributed by atoms with Crippen LogP contribution in [-0.4, -0.2) is 11.1 Å². The average Bonchev–Trinajstić information content (AvgIpc) is 3.39. The summed E-state index contributed by atoms with van der Waals surface area (Å²) < 4.78 is 6.01. The molecular weight excluding hydrogens is 464 g/mol. The van der Waals surface area contributed by atoms with Gasteiger partial charge < -0.3 is 4.42 Å². The van der Waals surface area contributed by atoms with Gasteiger partial charge in [-0.15, -0.1) is 0 Å². The number of carbonyl (C=O) groups is 1. The number of nitrogens with zero attached hydrogens (tertiary/aromatic N) is 2. The number of rotatable bonds is 4. The molecule has 2 heterocycles. The summed E-state index contributed by atoms with van der Waals surface area (Å²) in [6, 6.07) is 27.0. The summed E-state index contributed by atoms with van der Waals surface area (Å²) in [6.45, 7) is 4.03. The highest BCUT2D eigenvalue weighted by molar-refractivity contribution is 8.19. The van der Waals surface area contributed by atoms with Crippen molar-refractivity contribution in [1.29, 1.82) is 0 Å². The fourth-order valence-electron chi connectivity index (χ4n) is 3.68. The van der Waals surface area contributed by atoms with E-state index in [-0.39, 0.29) is 5.91 Å². The van der Waals surface area contributed by atoms with E-state index in [1.54, 1.807) is 11.0 Å². The summed E-state index contributed by atoms with van der Waals surface area (Å²) >= 11 is 7.33. The first kappa shape index (κ1) is 22.3. The molecule has 0 radical (unpaired) electrons. The number of carbonyl (C=O) groups excluding carboxylic acids is 1. The maximum absolute atomic E-state index is 13.5. The molecule has 1 fully saturated rings. The summed E-state index contributed by atoms with van der Waals surface area (Å²) in [4.78, 5) is 20.5. The highest BCUT2D eigenvalue weighted by atomic mass is 35.5. The zero-order valence-electron chi connectivity index (χ0n) is 18.7. The van der Waals surface area contributed by atoms with Gasteiger partial charge in [-0.1, -0.05) is 35.9 Å². The van der Waals surface area contributed by atoms with Crippen molar-refractivity contribution in [1.82, 2.24) is 0 Å². The molecule has 1 aliphatic heterocycles. The van der Waals surface area contributed by atoms with Crippen LogP contribution in [0.4, 0.5) is 11.4 Å². The maximum Gasteiger partial charge on any atom is 0.271 e. The average molecular weight is 485 g/mol. The molecule has 0 unspecified atom stereocenters. The Kier molecular flexibility index (Phi) is 6.14. The number of hydrogen-bond acceptors (Lipinski definition) is 4. The second-order valence-corrected chi connectivity index (χ2v) is 9.48. The number of aryl methyl sites for hydroxylation is 2. The van der Waals surface area contributed by atoms with Crippen molar-refractivity contribution >= 4 is 51.9 Å². The number of benzene rings is 3. The molecule has 3 aromatic carbocycles. The van der Waals surface area contributed by atoms with Gasteiger partial charge in [-0.05, 0) is 97.4 Å². The fraction of sp³-hybridized carbons (Fsp3) is 0.0714. The Morgan fingerprint density at radius 2 is 1.65 bits per heavy atom. The molecule has 5 rings (SSSR count). The Balaban J connectivity index is 1.52. The number of amides is 1. The number of amidine groups is 1. The van der Waals surface area contributed by atoms with Gasteiger partial charge in [-0.2, -0.15) is 0 Å². The molecule has 4 aromatic rings. The molecule has 0 N–H and O–H groups in total. The maximum atomic E-state index is 13.5. The lowest BCUT2D eigenvalue weighted by Crippen LogP contribution is -2.28. The van der Waals surface area contributed by atoms with Gasteiger partial charge in [0, 0.05) is 16.7 Å². The molecule has 1 saturated heterocycles. The van der Waals surface area contributed by atoms with E-state index in [1.165, 1.54) is 11.8 Å². The molecule has 0 aliphatic carbocycles. The van der Waals surface area contributed by atoms with E-state index in [9.17, 15) is 4.79 Å². The minimum atomic E-state index is -0.133. The van der Waals surface area contributed by atoms with Crippen LogP contribution in [0.5, 0.6) is 0 Å². The van der Waals surface area contributed by atoms with Crippen LogP contribution in [0, 0.1) is 13.8 Å². The van der Waals surface area contributed by atoms with Gasteiger partial charge in [0.1, 0.15) is 11.5 Å². The summed E-state index contributed by atoms with van der Waals surface area (Å²) in [5, 5.41) is 1.28. The van der Waals surface area contributed by atoms with Gasteiger partial charge >= 0.3 is 0 Å². The van der Waals surface area contributed by atoms with E-state index in [2.05, 4.69) is 0 Å². The molecule has 0 saturated carbocycles. The summed E-state index contributed by atoms with van der Waals surface area (Å²) in [6.07, 6.45) is 1.77. The van der Waals surface area contributed by atoms with Crippen molar-refractivity contribution in [2.24, 2.45) is 4.99 Å². The van der Waals surface area contributed by atoms with Crippen molar-refractivity contribution in [3.63, 3.8) is 0 Å². The number of furan rings is 1. The van der Waals surface area contributed by atoms with Crippen LogP contribution in [0.3, 0.4) is 0 Å². The first-order valence-electron chi connectivity index (χ1n) is 10.8. The first-order chi connectivity index (χ1) is 16.5. The van der Waals surface area contributed by atoms with Gasteiger partial charge in [-0.25, -0.2) is 4.99 Å². The molecule has 1 amide bonds. The SMILES string of the molecule is Cc1cccc(N=C2SC(=Cc3ccc(-c4ccc(Cl)cc4)o3)C(=O)N2c2cccc(C)c2)c1. The first-order valence-corrected chi connectivity index (χ1v) is 12.0. The third-order valence-corrected chi connectivity index (χ3v) is 6.54. The number of thioether (sulfide) groups is 1. The minimum absolute atomic E-state index is 0.133. The van der Waals surface area contributed by atoms with Gasteiger partial charge in [-0.3, -0.25) is 9.69 Å². The predicted molar refractivity (Wildman–Crippen MR) is 142 cm³/mol. The largest absolute Gasteiger partial charge is 0.457 e. The van der Waals surface area contributed by atoms with Crippen LogP contribution in [0.15, 0.2) is 99.2 Å². The third-order valence-electron chi connectivity index (χ3n) is 5.32. The molecular formula is C28H21ClN2O2S. The number of hydrogen-bond donors (Lipinski definition) is 0. The van der Waals surface area contributed by atoms with Crippen LogP contribution in [0.2, 0.25) is 5.02 Å². The Hall–Kier alpha value is -3.54. The molecule has 1 aliphatic rings. The fourth-order valence-corrected chi connectivity index (χ4v) is 4.79. The normalized spacial score (nSPS) is 16.1. The molecule has 4 nitrogen and oxygen atoms in total. The standard InChI is InChI=1S/C28H21ClN2O2S/c1-18-5-3-7-22(15-18)30-28-31(23-8-4-6-19(2)16-23)27(32)26(34-28)17-24-13-14-25(33-24)20-9-11-21(29)12-10-20/h3-17H,1-2H3. The number of anilines is 1. The van der Waals surface area contributed by atoms with Gasteiger partial charge in [0.05, 0.1) is 16.3 Å². The molecule has 0 bridgehead atoms. The highest BCUT2D eigenvalue weighted by Gasteiger charge is 2.35. The topological polar surface area (TPSA) is 45.8 Å². The van der Waals surface area contributed by atoms with Crippen LogP contribution in [0.25, 0.3) is 17.4 Å². The Morgan fingerprint density at radius 1 is 0.912 bits per heavy atom. The van der Waals surface area contributed by atoms with Gasteiger partial charge in [0.15, 0.2) is 5.17 Å². The van der Waals surface area contributed by atoms with Crippen LogP contribution in [0.1, 0.15) is 16.9 Å². The van der Waals surface area contributed by atoms with Crippen LogP contribution >= 0.6 is 23.4 Å². The summed E-state index contributed by atoms with van der Waals surface area (Å²) in [5.74, 6) is 1.18. The molecule has 0 atom stereocenters.